The third kappa shape index (κ3) is 9.49. The summed E-state index contributed by atoms with van der Waals surface area (Å²) in [6.45, 7) is 8.23. The predicted molar refractivity (Wildman–Crippen MR) is 130 cm³/mol. The Kier molecular flexibility index (Phi) is 9.68. The molecule has 0 unspecified atom stereocenters. The normalized spacial score (nSPS) is 11.3. The van der Waals surface area contributed by atoms with Crippen LogP contribution in [0.15, 0.2) is 48.5 Å². The maximum absolute atomic E-state index is 12.7. The van der Waals surface area contributed by atoms with Crippen molar-refractivity contribution in [1.82, 2.24) is 10.2 Å². The van der Waals surface area contributed by atoms with Crippen molar-refractivity contribution in [2.24, 2.45) is 0 Å². The molecule has 3 N–H and O–H groups in total. The zero-order valence-corrected chi connectivity index (χ0v) is 19.8. The molecule has 174 valence electrons. The number of nitrogens with zero attached hydrogens (tertiary/aromatic N) is 1. The molecule has 2 aromatic carbocycles. The molecule has 0 aliphatic rings. The number of para-hydroxylation sites is 2. The van der Waals surface area contributed by atoms with Gasteiger partial charge in [0, 0.05) is 12.1 Å². The molecule has 0 atom stereocenters. The molecule has 7 heteroatoms. The summed E-state index contributed by atoms with van der Waals surface area (Å²) >= 11 is 0. The Balaban J connectivity index is 1.88. The Hall–Kier alpha value is -2.90. The Morgan fingerprint density at radius 2 is 1.53 bits per heavy atom. The van der Waals surface area contributed by atoms with Crippen LogP contribution in [-0.4, -0.2) is 49.7 Å². The van der Waals surface area contributed by atoms with E-state index in [-0.39, 0.29) is 5.91 Å². The van der Waals surface area contributed by atoms with E-state index in [0.29, 0.717) is 16.9 Å². The number of benzene rings is 2. The van der Waals surface area contributed by atoms with Gasteiger partial charge >= 0.3 is 6.09 Å². The number of unbranched alkanes of at least 4 members (excludes halogenated alkanes) is 1. The van der Waals surface area contributed by atoms with Gasteiger partial charge in [-0.3, -0.25) is 10.1 Å². The SMILES string of the molecule is CN(C)CCCCNCc1ccc(C(=O)Nc2ccccc2NC(=O)OC(C)(C)C)cc1. The number of amides is 2. The Morgan fingerprint density at radius 1 is 0.906 bits per heavy atom. The molecule has 32 heavy (non-hydrogen) atoms. The van der Waals surface area contributed by atoms with Gasteiger partial charge in [0.2, 0.25) is 0 Å². The van der Waals surface area contributed by atoms with E-state index in [0.717, 1.165) is 31.6 Å². The minimum absolute atomic E-state index is 0.244. The molecule has 0 saturated heterocycles. The van der Waals surface area contributed by atoms with Crippen molar-refractivity contribution in [2.75, 3.05) is 37.8 Å². The lowest BCUT2D eigenvalue weighted by molar-refractivity contribution is 0.0635. The van der Waals surface area contributed by atoms with Crippen molar-refractivity contribution in [2.45, 2.75) is 45.8 Å². The van der Waals surface area contributed by atoms with Gasteiger partial charge in [-0.05, 0) is 90.6 Å². The fourth-order valence-electron chi connectivity index (χ4n) is 2.99. The molecular weight excluding hydrogens is 404 g/mol. The first-order chi connectivity index (χ1) is 15.1. The van der Waals surface area contributed by atoms with E-state index in [1.807, 2.05) is 24.3 Å². The van der Waals surface area contributed by atoms with Gasteiger partial charge in [0.1, 0.15) is 5.60 Å². The molecule has 2 rings (SSSR count). The van der Waals surface area contributed by atoms with Crippen LogP contribution in [0.5, 0.6) is 0 Å². The summed E-state index contributed by atoms with van der Waals surface area (Å²) in [7, 11) is 4.17. The molecule has 2 amide bonds. The topological polar surface area (TPSA) is 82.7 Å². The molecule has 0 aromatic heterocycles. The van der Waals surface area contributed by atoms with Crippen LogP contribution in [0, 0.1) is 0 Å². The van der Waals surface area contributed by atoms with Crippen LogP contribution < -0.4 is 16.0 Å². The lowest BCUT2D eigenvalue weighted by Crippen LogP contribution is -2.27. The first kappa shape index (κ1) is 25.4. The summed E-state index contributed by atoms with van der Waals surface area (Å²) in [6.07, 6.45) is 1.73. The zero-order valence-electron chi connectivity index (χ0n) is 19.8. The first-order valence-electron chi connectivity index (χ1n) is 11.0. The number of rotatable bonds is 10. The number of hydrogen-bond acceptors (Lipinski definition) is 5. The third-order valence-electron chi connectivity index (χ3n) is 4.57. The summed E-state index contributed by atoms with van der Waals surface area (Å²) in [4.78, 5) is 27.0. The smallest absolute Gasteiger partial charge is 0.412 e. The Bertz CT molecular complexity index is 874. The van der Waals surface area contributed by atoms with E-state index >= 15 is 0 Å². The van der Waals surface area contributed by atoms with Crippen molar-refractivity contribution in [1.29, 1.82) is 0 Å². The average Bonchev–Trinajstić information content (AvgIpc) is 2.71. The predicted octanol–water partition coefficient (Wildman–Crippen LogP) is 4.72. The van der Waals surface area contributed by atoms with Crippen LogP contribution >= 0.6 is 0 Å². The Morgan fingerprint density at radius 3 is 2.12 bits per heavy atom. The third-order valence-corrected chi connectivity index (χ3v) is 4.57. The standard InChI is InChI=1S/C25H36N4O3/c1-25(2,3)32-24(31)28-22-11-7-6-10-21(22)27-23(30)20-14-12-19(13-15-20)18-26-16-8-9-17-29(4)5/h6-7,10-15,26H,8-9,16-18H2,1-5H3,(H,27,30)(H,28,31). The highest BCUT2D eigenvalue weighted by atomic mass is 16.6. The number of carbonyl (C=O) groups is 2. The lowest BCUT2D eigenvalue weighted by atomic mass is 10.1. The zero-order chi connectivity index (χ0) is 23.6. The van der Waals surface area contributed by atoms with E-state index in [1.165, 1.54) is 6.42 Å². The van der Waals surface area contributed by atoms with Gasteiger partial charge in [-0.15, -0.1) is 0 Å². The molecule has 0 radical (unpaired) electrons. The van der Waals surface area contributed by atoms with Gasteiger partial charge in [-0.1, -0.05) is 24.3 Å². The van der Waals surface area contributed by atoms with Crippen LogP contribution in [-0.2, 0) is 11.3 Å². The molecule has 7 nitrogen and oxygen atoms in total. The average molecular weight is 441 g/mol. The van der Waals surface area contributed by atoms with Gasteiger partial charge in [-0.25, -0.2) is 4.79 Å². The number of hydrogen-bond donors (Lipinski definition) is 3. The van der Waals surface area contributed by atoms with Gasteiger partial charge in [0.15, 0.2) is 0 Å². The molecule has 0 saturated carbocycles. The molecule has 0 fully saturated rings. The van der Waals surface area contributed by atoms with Crippen molar-refractivity contribution >= 4 is 23.4 Å². The highest BCUT2D eigenvalue weighted by molar-refractivity contribution is 6.06. The highest BCUT2D eigenvalue weighted by Gasteiger charge is 2.17. The molecule has 0 aliphatic carbocycles. The summed E-state index contributed by atoms with van der Waals surface area (Å²) in [5.41, 5.74) is 2.05. The fourth-order valence-corrected chi connectivity index (χ4v) is 2.99. The van der Waals surface area contributed by atoms with Crippen LogP contribution in [0.2, 0.25) is 0 Å². The van der Waals surface area contributed by atoms with E-state index < -0.39 is 11.7 Å². The second kappa shape index (κ2) is 12.2. The number of nitrogens with one attached hydrogen (secondary N) is 3. The maximum Gasteiger partial charge on any atom is 0.412 e. The highest BCUT2D eigenvalue weighted by Crippen LogP contribution is 2.23. The maximum atomic E-state index is 12.7. The van der Waals surface area contributed by atoms with Crippen LogP contribution in [0.1, 0.15) is 49.5 Å². The molecular formula is C25H36N4O3. The molecule has 0 spiro atoms. The van der Waals surface area contributed by atoms with E-state index in [1.54, 1.807) is 45.0 Å². The summed E-state index contributed by atoms with van der Waals surface area (Å²) in [5, 5.41) is 8.99. The fraction of sp³-hybridized carbons (Fsp3) is 0.440. The van der Waals surface area contributed by atoms with Crippen molar-refractivity contribution in [3.05, 3.63) is 59.7 Å². The largest absolute Gasteiger partial charge is 0.444 e. The number of anilines is 2. The van der Waals surface area contributed by atoms with Crippen molar-refractivity contribution in [3.8, 4) is 0 Å². The van der Waals surface area contributed by atoms with E-state index in [2.05, 4.69) is 34.9 Å². The van der Waals surface area contributed by atoms with Crippen molar-refractivity contribution < 1.29 is 14.3 Å². The minimum atomic E-state index is -0.606. The van der Waals surface area contributed by atoms with Crippen LogP contribution in [0.25, 0.3) is 0 Å². The summed E-state index contributed by atoms with van der Waals surface area (Å²) < 4.78 is 5.29. The second-order valence-corrected chi connectivity index (χ2v) is 9.01. The first-order valence-corrected chi connectivity index (χ1v) is 11.0. The molecule has 0 heterocycles. The molecule has 2 aromatic rings. The minimum Gasteiger partial charge on any atom is -0.444 e. The monoisotopic (exact) mass is 440 g/mol. The number of carbonyl (C=O) groups excluding carboxylic acids is 2. The second-order valence-electron chi connectivity index (χ2n) is 9.01. The van der Waals surface area contributed by atoms with Gasteiger partial charge in [-0.2, -0.15) is 0 Å². The Labute approximate surface area is 191 Å². The van der Waals surface area contributed by atoms with Crippen LogP contribution in [0.4, 0.5) is 16.2 Å². The molecule has 0 aliphatic heterocycles. The summed E-state index contributed by atoms with van der Waals surface area (Å²) in [5.74, 6) is -0.244. The van der Waals surface area contributed by atoms with E-state index in [9.17, 15) is 9.59 Å². The lowest BCUT2D eigenvalue weighted by Gasteiger charge is -2.20. The van der Waals surface area contributed by atoms with Crippen molar-refractivity contribution in [3.63, 3.8) is 0 Å². The van der Waals surface area contributed by atoms with E-state index in [4.69, 9.17) is 4.74 Å². The van der Waals surface area contributed by atoms with Crippen LogP contribution in [0.3, 0.4) is 0 Å². The van der Waals surface area contributed by atoms with Gasteiger partial charge in [0.25, 0.3) is 5.91 Å². The molecule has 0 bridgehead atoms. The quantitative estimate of drug-likeness (QED) is 0.466. The van der Waals surface area contributed by atoms with Gasteiger partial charge < -0.3 is 20.3 Å². The van der Waals surface area contributed by atoms with Gasteiger partial charge in [0.05, 0.1) is 11.4 Å². The number of ether oxygens (including phenoxy) is 1. The summed E-state index contributed by atoms with van der Waals surface area (Å²) in [6, 6.07) is 14.5.